The summed E-state index contributed by atoms with van der Waals surface area (Å²) in [4.78, 5) is 14.9. The largest absolute Gasteiger partial charge is 0.493 e. The number of rotatable bonds is 10. The van der Waals surface area contributed by atoms with Gasteiger partial charge in [-0.15, -0.1) is 0 Å². The summed E-state index contributed by atoms with van der Waals surface area (Å²) in [5, 5.41) is 20.4. The van der Waals surface area contributed by atoms with Crippen LogP contribution in [-0.4, -0.2) is 44.7 Å². The van der Waals surface area contributed by atoms with E-state index in [-0.39, 0.29) is 5.69 Å². The second-order valence-electron chi connectivity index (χ2n) is 6.04. The number of ether oxygens (including phenoxy) is 2. The first-order valence-electron chi connectivity index (χ1n) is 9.28. The minimum absolute atomic E-state index is 0.0744. The quantitative estimate of drug-likeness (QED) is 0.185. The summed E-state index contributed by atoms with van der Waals surface area (Å²) in [6, 6.07) is 12.0. The van der Waals surface area contributed by atoms with Crippen LogP contribution in [0, 0.1) is 10.1 Å². The van der Waals surface area contributed by atoms with Crippen molar-refractivity contribution >= 4 is 17.3 Å². The first kappa shape index (κ1) is 21.8. The second-order valence-corrected chi connectivity index (χ2v) is 6.04. The Balaban J connectivity index is 1.86. The zero-order valence-corrected chi connectivity index (χ0v) is 16.9. The number of anilines is 1. The van der Waals surface area contributed by atoms with Gasteiger partial charge in [0.2, 0.25) is 0 Å². The van der Waals surface area contributed by atoms with Crippen LogP contribution in [0.15, 0.2) is 47.5 Å². The number of benzene rings is 2. The van der Waals surface area contributed by atoms with Gasteiger partial charge < -0.3 is 25.4 Å². The van der Waals surface area contributed by atoms with E-state index in [1.165, 1.54) is 12.1 Å². The molecule has 0 radical (unpaired) electrons. The van der Waals surface area contributed by atoms with Crippen LogP contribution in [0.25, 0.3) is 0 Å². The third-order valence-corrected chi connectivity index (χ3v) is 4.04. The van der Waals surface area contributed by atoms with Crippen molar-refractivity contribution in [1.29, 1.82) is 0 Å². The normalized spacial score (nSPS) is 10.9. The molecule has 0 unspecified atom stereocenters. The van der Waals surface area contributed by atoms with E-state index >= 15 is 0 Å². The molecule has 2 aromatic rings. The van der Waals surface area contributed by atoms with Gasteiger partial charge in [-0.3, -0.25) is 10.1 Å². The van der Waals surface area contributed by atoms with Crippen LogP contribution >= 0.6 is 0 Å². The molecule has 0 atom stereocenters. The lowest BCUT2D eigenvalue weighted by Gasteiger charge is -2.13. The van der Waals surface area contributed by atoms with E-state index in [0.717, 1.165) is 17.8 Å². The highest BCUT2D eigenvalue weighted by Crippen LogP contribution is 2.27. The molecule has 0 saturated heterocycles. The molecule has 9 nitrogen and oxygen atoms in total. The van der Waals surface area contributed by atoms with Crippen LogP contribution in [0.2, 0.25) is 0 Å². The minimum atomic E-state index is -0.414. The van der Waals surface area contributed by atoms with Crippen molar-refractivity contribution in [1.82, 2.24) is 10.6 Å². The Kier molecular flexibility index (Phi) is 8.55. The molecule has 0 heterocycles. The van der Waals surface area contributed by atoms with Crippen molar-refractivity contribution in [2.45, 2.75) is 13.5 Å². The van der Waals surface area contributed by atoms with Crippen molar-refractivity contribution < 1.29 is 14.4 Å². The number of nitro groups is 1. The van der Waals surface area contributed by atoms with Gasteiger partial charge in [-0.1, -0.05) is 6.07 Å². The summed E-state index contributed by atoms with van der Waals surface area (Å²) in [5.41, 5.74) is 1.90. The van der Waals surface area contributed by atoms with E-state index in [9.17, 15) is 10.1 Å². The van der Waals surface area contributed by atoms with Crippen molar-refractivity contribution in [2.24, 2.45) is 4.99 Å². The topological polar surface area (TPSA) is 110 Å². The predicted octanol–water partition coefficient (Wildman–Crippen LogP) is 2.78. The fourth-order valence-electron chi connectivity index (χ4n) is 2.58. The third kappa shape index (κ3) is 6.87. The average molecular weight is 401 g/mol. The van der Waals surface area contributed by atoms with E-state index in [1.54, 1.807) is 26.4 Å². The number of nitrogens with one attached hydrogen (secondary N) is 3. The highest BCUT2D eigenvalue weighted by Gasteiger charge is 2.05. The number of hydrogen-bond acceptors (Lipinski definition) is 6. The van der Waals surface area contributed by atoms with E-state index in [1.807, 2.05) is 25.1 Å². The van der Waals surface area contributed by atoms with Crippen molar-refractivity contribution in [3.8, 4) is 11.5 Å². The zero-order chi connectivity index (χ0) is 21.1. The van der Waals surface area contributed by atoms with E-state index < -0.39 is 4.92 Å². The molecule has 0 saturated carbocycles. The molecule has 2 rings (SSSR count). The van der Waals surface area contributed by atoms with E-state index in [4.69, 9.17) is 9.47 Å². The fraction of sp³-hybridized carbons (Fsp3) is 0.350. The molecule has 0 fully saturated rings. The smallest absolute Gasteiger partial charge is 0.269 e. The molecule has 3 N–H and O–H groups in total. The Hall–Kier alpha value is -3.49. The van der Waals surface area contributed by atoms with Crippen LogP contribution < -0.4 is 25.4 Å². The third-order valence-electron chi connectivity index (χ3n) is 4.04. The standard InChI is InChI=1S/C20H27N5O4/c1-4-21-20(24-14-15-5-10-18(28-2)19(13-15)29-3)23-12-11-22-16-6-8-17(9-7-16)25(26)27/h5-10,13,22H,4,11-12,14H2,1-3H3,(H2,21,23,24). The molecular weight excluding hydrogens is 374 g/mol. The predicted molar refractivity (Wildman–Crippen MR) is 114 cm³/mol. The summed E-state index contributed by atoms with van der Waals surface area (Å²) in [6.45, 7) is 4.51. The zero-order valence-electron chi connectivity index (χ0n) is 16.9. The number of hydrogen-bond donors (Lipinski definition) is 3. The molecule has 156 valence electrons. The van der Waals surface area contributed by atoms with E-state index in [0.29, 0.717) is 37.1 Å². The molecule has 0 aliphatic heterocycles. The molecule has 0 spiro atoms. The summed E-state index contributed by atoms with van der Waals surface area (Å²) in [5.74, 6) is 2.06. The van der Waals surface area contributed by atoms with Crippen molar-refractivity contribution in [3.63, 3.8) is 0 Å². The molecule has 9 heteroatoms. The molecule has 0 aliphatic carbocycles. The summed E-state index contributed by atoms with van der Waals surface area (Å²) >= 11 is 0. The maximum atomic E-state index is 10.7. The SMILES string of the molecule is CCNC(=NCc1ccc(OC)c(OC)c1)NCCNc1ccc([N+](=O)[O-])cc1. The second kappa shape index (κ2) is 11.4. The lowest BCUT2D eigenvalue weighted by Crippen LogP contribution is -2.39. The summed E-state index contributed by atoms with van der Waals surface area (Å²) < 4.78 is 10.6. The summed E-state index contributed by atoms with van der Waals surface area (Å²) in [6.07, 6.45) is 0. The van der Waals surface area contributed by atoms with Gasteiger partial charge in [-0.05, 0) is 36.8 Å². The Bertz CT molecular complexity index is 824. The summed E-state index contributed by atoms with van der Waals surface area (Å²) in [7, 11) is 3.21. The van der Waals surface area contributed by atoms with Crippen molar-refractivity contribution in [2.75, 3.05) is 39.2 Å². The van der Waals surface area contributed by atoms with Gasteiger partial charge >= 0.3 is 0 Å². The number of non-ortho nitro benzene ring substituents is 1. The molecule has 2 aromatic carbocycles. The molecule has 29 heavy (non-hydrogen) atoms. The number of nitrogens with zero attached hydrogens (tertiary/aromatic N) is 2. The highest BCUT2D eigenvalue weighted by atomic mass is 16.6. The lowest BCUT2D eigenvalue weighted by molar-refractivity contribution is -0.384. The van der Waals surface area contributed by atoms with Crippen LogP contribution in [0.1, 0.15) is 12.5 Å². The first-order valence-corrected chi connectivity index (χ1v) is 9.28. The number of nitro benzene ring substituents is 1. The van der Waals surface area contributed by atoms with Crippen LogP contribution in [0.5, 0.6) is 11.5 Å². The Morgan fingerprint density at radius 3 is 2.38 bits per heavy atom. The van der Waals surface area contributed by atoms with Gasteiger partial charge in [0.25, 0.3) is 5.69 Å². The first-order chi connectivity index (χ1) is 14.1. The maximum Gasteiger partial charge on any atom is 0.269 e. The van der Waals surface area contributed by atoms with Crippen molar-refractivity contribution in [3.05, 3.63) is 58.1 Å². The minimum Gasteiger partial charge on any atom is -0.493 e. The van der Waals surface area contributed by atoms with Gasteiger partial charge in [0.1, 0.15) is 0 Å². The van der Waals surface area contributed by atoms with Gasteiger partial charge in [-0.2, -0.15) is 0 Å². The van der Waals surface area contributed by atoms with Crippen LogP contribution in [0.3, 0.4) is 0 Å². The van der Waals surface area contributed by atoms with Gasteiger partial charge in [0, 0.05) is 37.5 Å². The van der Waals surface area contributed by atoms with Gasteiger partial charge in [-0.25, -0.2) is 4.99 Å². The van der Waals surface area contributed by atoms with Gasteiger partial charge in [0.05, 0.1) is 25.7 Å². The molecular formula is C20H27N5O4. The Morgan fingerprint density at radius 2 is 1.76 bits per heavy atom. The number of guanidine groups is 1. The molecule has 0 bridgehead atoms. The van der Waals surface area contributed by atoms with Gasteiger partial charge in [0.15, 0.2) is 17.5 Å². The molecule has 0 aromatic heterocycles. The van der Waals surface area contributed by atoms with Crippen LogP contribution in [-0.2, 0) is 6.54 Å². The average Bonchev–Trinajstić information content (AvgIpc) is 2.74. The number of aliphatic imine (C=N–C) groups is 1. The fourth-order valence-corrected chi connectivity index (χ4v) is 2.58. The monoisotopic (exact) mass is 401 g/mol. The van der Waals surface area contributed by atoms with Crippen LogP contribution in [0.4, 0.5) is 11.4 Å². The Labute approximate surface area is 170 Å². The lowest BCUT2D eigenvalue weighted by atomic mass is 10.2. The molecule has 0 aliphatic rings. The maximum absolute atomic E-state index is 10.7. The highest BCUT2D eigenvalue weighted by molar-refractivity contribution is 5.79. The molecule has 0 amide bonds. The van der Waals surface area contributed by atoms with E-state index in [2.05, 4.69) is 20.9 Å². The number of methoxy groups -OCH3 is 2. The Morgan fingerprint density at radius 1 is 1.03 bits per heavy atom.